The molecule has 1 aromatic heterocycles. The van der Waals surface area contributed by atoms with Gasteiger partial charge in [0.15, 0.2) is 5.82 Å². The molecule has 1 aliphatic heterocycles. The highest BCUT2D eigenvalue weighted by Crippen LogP contribution is 2.14. The van der Waals surface area contributed by atoms with Crippen LogP contribution in [0, 0.1) is 0 Å². The lowest BCUT2D eigenvalue weighted by molar-refractivity contribution is -0.140. The Morgan fingerprint density at radius 2 is 2.35 bits per heavy atom. The van der Waals surface area contributed by atoms with E-state index in [9.17, 15) is 9.59 Å². The van der Waals surface area contributed by atoms with Crippen molar-refractivity contribution in [2.24, 2.45) is 0 Å². The van der Waals surface area contributed by atoms with Gasteiger partial charge in [-0.15, -0.1) is 0 Å². The van der Waals surface area contributed by atoms with E-state index >= 15 is 0 Å². The van der Waals surface area contributed by atoms with Gasteiger partial charge in [0, 0.05) is 31.5 Å². The molecule has 0 saturated carbocycles. The van der Waals surface area contributed by atoms with Gasteiger partial charge in [0.1, 0.15) is 0 Å². The number of morpholine rings is 1. The summed E-state index contributed by atoms with van der Waals surface area (Å²) in [7, 11) is 0. The summed E-state index contributed by atoms with van der Waals surface area (Å²) in [5.41, 5.74) is -0.154. The second-order valence-electron chi connectivity index (χ2n) is 5.09. The Morgan fingerprint density at radius 3 is 3.00 bits per heavy atom. The summed E-state index contributed by atoms with van der Waals surface area (Å²) < 4.78 is 7.01. The van der Waals surface area contributed by atoms with E-state index in [0.717, 1.165) is 0 Å². The molecular formula is C13H19N3O4. The van der Waals surface area contributed by atoms with Crippen molar-refractivity contribution in [3.05, 3.63) is 22.7 Å². The Kier molecular flexibility index (Phi) is 4.39. The van der Waals surface area contributed by atoms with Crippen LogP contribution in [0.25, 0.3) is 0 Å². The fraction of sp³-hybridized carbons (Fsp3) is 0.615. The van der Waals surface area contributed by atoms with Crippen molar-refractivity contribution in [3.63, 3.8) is 0 Å². The highest BCUT2D eigenvalue weighted by atomic mass is 16.5. The monoisotopic (exact) mass is 281 g/mol. The number of hydrogen-bond acceptors (Lipinski definition) is 5. The molecule has 1 aromatic rings. The van der Waals surface area contributed by atoms with E-state index in [4.69, 9.17) is 9.84 Å². The molecule has 1 aliphatic rings. The van der Waals surface area contributed by atoms with Gasteiger partial charge < -0.3 is 19.3 Å². The van der Waals surface area contributed by atoms with E-state index in [1.165, 1.54) is 0 Å². The summed E-state index contributed by atoms with van der Waals surface area (Å²) in [4.78, 5) is 29.0. The minimum Gasteiger partial charge on any atom is -0.481 e. The number of hydrogen-bond donors (Lipinski definition) is 1. The number of rotatable bonds is 4. The van der Waals surface area contributed by atoms with Crippen LogP contribution in [0.5, 0.6) is 0 Å². The Morgan fingerprint density at radius 1 is 1.60 bits per heavy atom. The minimum atomic E-state index is -0.905. The molecular weight excluding hydrogens is 262 g/mol. The normalized spacial score (nSPS) is 19.4. The maximum Gasteiger partial charge on any atom is 0.306 e. The Labute approximate surface area is 116 Å². The van der Waals surface area contributed by atoms with Crippen molar-refractivity contribution in [2.45, 2.75) is 32.4 Å². The van der Waals surface area contributed by atoms with Gasteiger partial charge in [-0.05, 0) is 13.8 Å². The molecule has 110 valence electrons. The number of aromatic nitrogens is 2. The van der Waals surface area contributed by atoms with Crippen molar-refractivity contribution in [3.8, 4) is 0 Å². The van der Waals surface area contributed by atoms with Gasteiger partial charge in [-0.3, -0.25) is 9.59 Å². The molecule has 1 atom stereocenters. The van der Waals surface area contributed by atoms with Gasteiger partial charge in [0.05, 0.1) is 19.1 Å². The SMILES string of the molecule is CC(C)n1ccnc(N2CCOC(CC(=O)O)C2)c1=O. The second kappa shape index (κ2) is 6.04. The highest BCUT2D eigenvalue weighted by molar-refractivity contribution is 5.67. The third-order valence-corrected chi connectivity index (χ3v) is 3.25. The average Bonchev–Trinajstić information content (AvgIpc) is 2.38. The summed E-state index contributed by atoms with van der Waals surface area (Å²) in [6.07, 6.45) is 2.78. The quantitative estimate of drug-likeness (QED) is 0.865. The van der Waals surface area contributed by atoms with Gasteiger partial charge in [0.2, 0.25) is 0 Å². The lowest BCUT2D eigenvalue weighted by Gasteiger charge is -2.32. The third-order valence-electron chi connectivity index (χ3n) is 3.25. The standard InChI is InChI=1S/C13H19N3O4/c1-9(2)16-4-3-14-12(13(16)19)15-5-6-20-10(8-15)7-11(17)18/h3-4,9-10H,5-8H2,1-2H3,(H,17,18). The zero-order chi connectivity index (χ0) is 14.7. The zero-order valence-electron chi connectivity index (χ0n) is 11.7. The number of anilines is 1. The number of nitrogens with zero attached hydrogens (tertiary/aromatic N) is 3. The zero-order valence-corrected chi connectivity index (χ0v) is 11.7. The van der Waals surface area contributed by atoms with Crippen molar-refractivity contribution >= 4 is 11.8 Å². The molecule has 2 rings (SSSR count). The lowest BCUT2D eigenvalue weighted by Crippen LogP contribution is -2.46. The van der Waals surface area contributed by atoms with Gasteiger partial charge in [-0.2, -0.15) is 0 Å². The van der Waals surface area contributed by atoms with Crippen LogP contribution in [0.3, 0.4) is 0 Å². The molecule has 0 amide bonds. The number of carboxylic acid groups (broad SMARTS) is 1. The van der Waals surface area contributed by atoms with Crippen LogP contribution in [-0.2, 0) is 9.53 Å². The molecule has 0 bridgehead atoms. The Bertz CT molecular complexity index is 541. The molecule has 20 heavy (non-hydrogen) atoms. The molecule has 7 nitrogen and oxygen atoms in total. The van der Waals surface area contributed by atoms with Crippen LogP contribution in [0.1, 0.15) is 26.3 Å². The van der Waals surface area contributed by atoms with E-state index in [1.807, 2.05) is 13.8 Å². The molecule has 0 spiro atoms. The van der Waals surface area contributed by atoms with Crippen molar-refractivity contribution < 1.29 is 14.6 Å². The first-order valence-electron chi connectivity index (χ1n) is 6.64. The number of ether oxygens (including phenoxy) is 1. The number of carbonyl (C=O) groups is 1. The van der Waals surface area contributed by atoms with Crippen LogP contribution in [0.15, 0.2) is 17.2 Å². The van der Waals surface area contributed by atoms with Crippen LogP contribution < -0.4 is 10.5 Å². The van der Waals surface area contributed by atoms with Crippen LogP contribution >= 0.6 is 0 Å². The summed E-state index contributed by atoms with van der Waals surface area (Å²) in [6.45, 7) is 5.17. The summed E-state index contributed by atoms with van der Waals surface area (Å²) >= 11 is 0. The van der Waals surface area contributed by atoms with Crippen LogP contribution in [0.2, 0.25) is 0 Å². The van der Waals surface area contributed by atoms with E-state index in [2.05, 4.69) is 4.98 Å². The molecule has 7 heteroatoms. The van der Waals surface area contributed by atoms with E-state index in [-0.39, 0.29) is 18.0 Å². The van der Waals surface area contributed by atoms with Crippen molar-refractivity contribution in [1.29, 1.82) is 0 Å². The topological polar surface area (TPSA) is 84.7 Å². The fourth-order valence-electron chi connectivity index (χ4n) is 2.27. The van der Waals surface area contributed by atoms with Crippen LogP contribution in [-0.4, -0.2) is 46.4 Å². The molecule has 0 aromatic carbocycles. The third kappa shape index (κ3) is 3.16. The van der Waals surface area contributed by atoms with Crippen molar-refractivity contribution in [2.75, 3.05) is 24.6 Å². The van der Waals surface area contributed by atoms with E-state index in [0.29, 0.717) is 25.5 Å². The first-order valence-corrected chi connectivity index (χ1v) is 6.64. The van der Waals surface area contributed by atoms with Gasteiger partial charge in [-0.1, -0.05) is 0 Å². The Hall–Kier alpha value is -1.89. The first-order chi connectivity index (χ1) is 9.49. The maximum atomic E-state index is 12.3. The fourth-order valence-corrected chi connectivity index (χ4v) is 2.27. The molecule has 1 fully saturated rings. The second-order valence-corrected chi connectivity index (χ2v) is 5.09. The maximum absolute atomic E-state index is 12.3. The largest absolute Gasteiger partial charge is 0.481 e. The number of carboxylic acids is 1. The Balaban J connectivity index is 2.21. The average molecular weight is 281 g/mol. The summed E-state index contributed by atoms with van der Waals surface area (Å²) in [5.74, 6) is -0.544. The predicted molar refractivity (Wildman–Crippen MR) is 73.1 cm³/mol. The van der Waals surface area contributed by atoms with Crippen LogP contribution in [0.4, 0.5) is 5.82 Å². The lowest BCUT2D eigenvalue weighted by atomic mass is 10.2. The summed E-state index contributed by atoms with van der Waals surface area (Å²) in [6, 6.07) is 0.0557. The van der Waals surface area contributed by atoms with Crippen molar-refractivity contribution in [1.82, 2.24) is 9.55 Å². The smallest absolute Gasteiger partial charge is 0.306 e. The first kappa shape index (κ1) is 14.5. The van der Waals surface area contributed by atoms with Gasteiger partial charge in [-0.25, -0.2) is 4.98 Å². The van der Waals surface area contributed by atoms with Gasteiger partial charge in [0.25, 0.3) is 5.56 Å². The molecule has 0 radical (unpaired) electrons. The molecule has 2 heterocycles. The molecule has 1 saturated heterocycles. The number of aliphatic carboxylic acids is 1. The summed E-state index contributed by atoms with van der Waals surface area (Å²) in [5, 5.41) is 8.81. The molecule has 1 unspecified atom stereocenters. The highest BCUT2D eigenvalue weighted by Gasteiger charge is 2.25. The minimum absolute atomic E-state index is 0.0557. The molecule has 1 N–H and O–H groups in total. The molecule has 0 aliphatic carbocycles. The van der Waals surface area contributed by atoms with E-state index < -0.39 is 12.1 Å². The predicted octanol–water partition coefficient (Wildman–Crippen LogP) is 0.504. The van der Waals surface area contributed by atoms with E-state index in [1.54, 1.807) is 21.9 Å². The van der Waals surface area contributed by atoms with Gasteiger partial charge >= 0.3 is 5.97 Å².